The van der Waals surface area contributed by atoms with Gasteiger partial charge in [-0.15, -0.1) is 0 Å². The van der Waals surface area contributed by atoms with Crippen molar-refractivity contribution in [3.63, 3.8) is 0 Å². The number of oxazole rings is 1. The molecule has 0 spiro atoms. The molecule has 0 aliphatic carbocycles. The lowest BCUT2D eigenvalue weighted by atomic mass is 9.95. The third-order valence-electron chi connectivity index (χ3n) is 6.15. The van der Waals surface area contributed by atoms with E-state index in [4.69, 9.17) is 9.40 Å². The van der Waals surface area contributed by atoms with Gasteiger partial charge in [-0.25, -0.2) is 4.98 Å². The first-order chi connectivity index (χ1) is 16.0. The van der Waals surface area contributed by atoms with Crippen molar-refractivity contribution in [1.29, 1.82) is 0 Å². The number of hydrogen-bond acceptors (Lipinski definition) is 3. The predicted octanol–water partition coefficient (Wildman–Crippen LogP) is 8.47. The van der Waals surface area contributed by atoms with Gasteiger partial charge in [0, 0.05) is 22.9 Å². The van der Waals surface area contributed by atoms with Gasteiger partial charge in [-0.05, 0) is 64.9 Å². The van der Waals surface area contributed by atoms with E-state index < -0.39 is 0 Å². The second-order valence-corrected chi connectivity index (χ2v) is 9.16. The highest BCUT2D eigenvalue weighted by molar-refractivity contribution is 5.95. The molecule has 5 rings (SSSR count). The van der Waals surface area contributed by atoms with Gasteiger partial charge in [0.25, 0.3) is 0 Å². The van der Waals surface area contributed by atoms with Crippen LogP contribution in [-0.2, 0) is 0 Å². The first-order valence-electron chi connectivity index (χ1n) is 11.6. The lowest BCUT2D eigenvalue weighted by Crippen LogP contribution is -1.92. The molecule has 0 amide bonds. The van der Waals surface area contributed by atoms with E-state index in [1.54, 1.807) is 0 Å². The standard InChI is InChI=1S/C30H28N2O/c1-19(2)21-10-12-22(13-11-21)26-16-25(27-17-24(20(3)4)14-15-31-27)18-28-29(26)32-30(33-28)23-8-6-5-7-9-23/h5-20H,1-4H3. The molecule has 0 saturated carbocycles. The minimum absolute atomic E-state index is 0.438. The first-order valence-corrected chi connectivity index (χ1v) is 11.6. The summed E-state index contributed by atoms with van der Waals surface area (Å²) in [5.41, 5.74) is 9.36. The van der Waals surface area contributed by atoms with E-state index in [9.17, 15) is 0 Å². The molecule has 3 nitrogen and oxygen atoms in total. The number of benzene rings is 3. The maximum atomic E-state index is 6.28. The van der Waals surface area contributed by atoms with Gasteiger partial charge in [0.1, 0.15) is 5.52 Å². The fourth-order valence-electron chi connectivity index (χ4n) is 4.11. The predicted molar refractivity (Wildman–Crippen MR) is 136 cm³/mol. The molecule has 0 fully saturated rings. The van der Waals surface area contributed by atoms with Crippen LogP contribution < -0.4 is 0 Å². The van der Waals surface area contributed by atoms with E-state index in [0.717, 1.165) is 39.0 Å². The summed E-state index contributed by atoms with van der Waals surface area (Å²) in [6.07, 6.45) is 1.89. The summed E-state index contributed by atoms with van der Waals surface area (Å²) in [6, 6.07) is 27.3. The van der Waals surface area contributed by atoms with Crippen LogP contribution >= 0.6 is 0 Å². The zero-order valence-electron chi connectivity index (χ0n) is 19.5. The topological polar surface area (TPSA) is 38.9 Å². The van der Waals surface area contributed by atoms with Crippen LogP contribution in [0.4, 0.5) is 0 Å². The molecule has 2 heterocycles. The normalized spacial score (nSPS) is 11.6. The summed E-state index contributed by atoms with van der Waals surface area (Å²) in [5.74, 6) is 1.56. The number of nitrogens with zero attached hydrogens (tertiary/aromatic N) is 2. The highest BCUT2D eigenvalue weighted by Crippen LogP contribution is 2.36. The van der Waals surface area contributed by atoms with Crippen LogP contribution in [0, 0.1) is 0 Å². The fraction of sp³-hybridized carbons (Fsp3) is 0.200. The smallest absolute Gasteiger partial charge is 0.227 e. The maximum absolute atomic E-state index is 6.28. The van der Waals surface area contributed by atoms with Gasteiger partial charge in [-0.2, -0.15) is 0 Å². The van der Waals surface area contributed by atoms with Crippen molar-refractivity contribution in [3.8, 4) is 33.8 Å². The lowest BCUT2D eigenvalue weighted by Gasteiger charge is -2.11. The van der Waals surface area contributed by atoms with E-state index in [0.29, 0.717) is 17.7 Å². The summed E-state index contributed by atoms with van der Waals surface area (Å²) in [7, 11) is 0. The van der Waals surface area contributed by atoms with Crippen LogP contribution in [0.1, 0.15) is 50.7 Å². The average Bonchev–Trinajstić information content (AvgIpc) is 3.28. The Morgan fingerprint density at radius 3 is 2.09 bits per heavy atom. The van der Waals surface area contributed by atoms with Crippen LogP contribution in [0.25, 0.3) is 44.9 Å². The van der Waals surface area contributed by atoms with Crippen molar-refractivity contribution < 1.29 is 4.42 Å². The largest absolute Gasteiger partial charge is 0.436 e. The summed E-state index contributed by atoms with van der Waals surface area (Å²) in [5, 5.41) is 0. The van der Waals surface area contributed by atoms with E-state index in [-0.39, 0.29) is 0 Å². The quantitative estimate of drug-likeness (QED) is 0.279. The monoisotopic (exact) mass is 432 g/mol. The molecule has 0 radical (unpaired) electrons. The van der Waals surface area contributed by atoms with Gasteiger partial charge < -0.3 is 4.42 Å². The highest BCUT2D eigenvalue weighted by atomic mass is 16.3. The summed E-state index contributed by atoms with van der Waals surface area (Å²) in [4.78, 5) is 9.58. The molecule has 2 aromatic heterocycles. The number of pyridine rings is 1. The Kier molecular flexibility index (Phi) is 5.55. The molecule has 0 bridgehead atoms. The Labute approximate surface area is 195 Å². The van der Waals surface area contributed by atoms with Crippen LogP contribution in [0.3, 0.4) is 0 Å². The minimum Gasteiger partial charge on any atom is -0.436 e. The molecule has 3 aromatic carbocycles. The highest BCUT2D eigenvalue weighted by Gasteiger charge is 2.16. The van der Waals surface area contributed by atoms with E-state index in [1.807, 2.05) is 36.5 Å². The molecule has 0 saturated heterocycles. The zero-order chi connectivity index (χ0) is 22.9. The van der Waals surface area contributed by atoms with E-state index in [1.165, 1.54) is 11.1 Å². The second-order valence-electron chi connectivity index (χ2n) is 9.16. The number of rotatable bonds is 5. The second kappa shape index (κ2) is 8.67. The van der Waals surface area contributed by atoms with Gasteiger partial charge >= 0.3 is 0 Å². The Hall–Kier alpha value is -3.72. The molecular formula is C30H28N2O. The zero-order valence-corrected chi connectivity index (χ0v) is 19.5. The van der Waals surface area contributed by atoms with Crippen molar-refractivity contribution in [1.82, 2.24) is 9.97 Å². The van der Waals surface area contributed by atoms with E-state index >= 15 is 0 Å². The van der Waals surface area contributed by atoms with Gasteiger partial charge in [-0.3, -0.25) is 4.98 Å². The molecule has 164 valence electrons. The average molecular weight is 433 g/mol. The van der Waals surface area contributed by atoms with Crippen LogP contribution in [0.5, 0.6) is 0 Å². The fourth-order valence-corrected chi connectivity index (χ4v) is 4.11. The van der Waals surface area contributed by atoms with Crippen LogP contribution in [0.2, 0.25) is 0 Å². The van der Waals surface area contributed by atoms with Gasteiger partial charge in [0.15, 0.2) is 5.58 Å². The Bertz CT molecular complexity index is 1400. The summed E-state index contributed by atoms with van der Waals surface area (Å²) < 4.78 is 6.28. The van der Waals surface area contributed by atoms with Gasteiger partial charge in [0.2, 0.25) is 5.89 Å². The summed E-state index contributed by atoms with van der Waals surface area (Å²) in [6.45, 7) is 8.83. The number of fused-ring (bicyclic) bond motifs is 1. The van der Waals surface area contributed by atoms with Crippen molar-refractivity contribution in [3.05, 3.63) is 96.2 Å². The molecule has 0 unspecified atom stereocenters. The number of aromatic nitrogens is 2. The van der Waals surface area contributed by atoms with Gasteiger partial charge in [0.05, 0.1) is 5.69 Å². The Morgan fingerprint density at radius 2 is 1.39 bits per heavy atom. The molecule has 0 N–H and O–H groups in total. The molecule has 0 aliphatic rings. The van der Waals surface area contributed by atoms with Crippen LogP contribution in [-0.4, -0.2) is 9.97 Å². The van der Waals surface area contributed by atoms with Crippen LogP contribution in [0.15, 0.2) is 89.5 Å². The molecule has 3 heteroatoms. The third kappa shape index (κ3) is 4.19. The maximum Gasteiger partial charge on any atom is 0.227 e. The molecule has 0 aliphatic heterocycles. The first kappa shape index (κ1) is 21.1. The molecule has 0 atom stereocenters. The van der Waals surface area contributed by atoms with Gasteiger partial charge in [-0.1, -0.05) is 70.2 Å². The molecular weight excluding hydrogens is 404 g/mol. The summed E-state index contributed by atoms with van der Waals surface area (Å²) >= 11 is 0. The van der Waals surface area contributed by atoms with E-state index in [2.05, 4.69) is 81.2 Å². The SMILES string of the molecule is CC(C)c1ccc(-c2cc(-c3cc(C(C)C)ccn3)cc3oc(-c4ccccc4)nc23)cc1. The molecule has 33 heavy (non-hydrogen) atoms. The number of hydrogen-bond donors (Lipinski definition) is 0. The Morgan fingerprint density at radius 1 is 0.667 bits per heavy atom. The van der Waals surface area contributed by atoms with Crippen molar-refractivity contribution in [2.75, 3.05) is 0 Å². The third-order valence-corrected chi connectivity index (χ3v) is 6.15. The van der Waals surface area contributed by atoms with Crippen molar-refractivity contribution in [2.45, 2.75) is 39.5 Å². The lowest BCUT2D eigenvalue weighted by molar-refractivity contribution is 0.620. The Balaban J connectivity index is 1.72. The van der Waals surface area contributed by atoms with Crippen molar-refractivity contribution in [2.24, 2.45) is 0 Å². The molecule has 5 aromatic rings. The van der Waals surface area contributed by atoms with Crippen molar-refractivity contribution >= 4 is 11.1 Å². The minimum atomic E-state index is 0.438.